The molecule has 0 bridgehead atoms. The maximum Gasteiger partial charge on any atom is 0.224 e. The predicted octanol–water partition coefficient (Wildman–Crippen LogP) is 4.39. The number of thioether (sulfide) groups is 1. The second kappa shape index (κ2) is 10.2. The van der Waals surface area contributed by atoms with Crippen molar-refractivity contribution in [3.8, 4) is 11.6 Å². The maximum atomic E-state index is 13.4. The van der Waals surface area contributed by atoms with Gasteiger partial charge in [0.25, 0.3) is 0 Å². The number of nitrogens with zero attached hydrogens (tertiary/aromatic N) is 3. The molecule has 8 heteroatoms. The molecule has 0 saturated heterocycles. The summed E-state index contributed by atoms with van der Waals surface area (Å²) in [6, 6.07) is 9.41. The van der Waals surface area contributed by atoms with Crippen LogP contribution >= 0.6 is 11.8 Å². The number of hydrogen-bond acceptors (Lipinski definition) is 6. The second-order valence-electron chi connectivity index (χ2n) is 6.66. The highest BCUT2D eigenvalue weighted by molar-refractivity contribution is 7.98. The highest BCUT2D eigenvalue weighted by Crippen LogP contribution is 2.23. The third kappa shape index (κ3) is 5.76. The Kier molecular flexibility index (Phi) is 7.35. The van der Waals surface area contributed by atoms with E-state index in [4.69, 9.17) is 4.74 Å². The molecule has 0 spiro atoms. The number of carbonyl (C=O) groups is 1. The van der Waals surface area contributed by atoms with Crippen LogP contribution in [0.3, 0.4) is 0 Å². The van der Waals surface area contributed by atoms with Gasteiger partial charge in [0.2, 0.25) is 11.8 Å². The van der Waals surface area contributed by atoms with Crippen molar-refractivity contribution in [3.63, 3.8) is 0 Å². The van der Waals surface area contributed by atoms with Crippen LogP contribution < -0.4 is 10.1 Å². The molecule has 1 N–H and O–H groups in total. The molecule has 0 saturated carbocycles. The van der Waals surface area contributed by atoms with Crippen molar-refractivity contribution in [2.24, 2.45) is 0 Å². The van der Waals surface area contributed by atoms with Crippen molar-refractivity contribution in [2.75, 3.05) is 6.26 Å². The Balaban J connectivity index is 1.59. The SMILES string of the molecule is CSc1nc(C)c(CCC(=O)NCc2cccnc2Oc2cccc(F)c2)c(C)n1. The molecule has 0 radical (unpaired) electrons. The number of rotatable bonds is 8. The quantitative estimate of drug-likeness (QED) is 0.425. The fraction of sp³-hybridized carbons (Fsp3) is 0.273. The first-order chi connectivity index (χ1) is 14.5. The lowest BCUT2D eigenvalue weighted by molar-refractivity contribution is -0.121. The van der Waals surface area contributed by atoms with Gasteiger partial charge in [0.1, 0.15) is 11.6 Å². The van der Waals surface area contributed by atoms with Crippen LogP contribution in [0, 0.1) is 19.7 Å². The first-order valence-electron chi connectivity index (χ1n) is 9.48. The molecule has 3 aromatic rings. The van der Waals surface area contributed by atoms with Gasteiger partial charge in [-0.2, -0.15) is 0 Å². The fourth-order valence-corrected chi connectivity index (χ4v) is 3.43. The predicted molar refractivity (Wildman–Crippen MR) is 114 cm³/mol. The number of ether oxygens (including phenoxy) is 1. The lowest BCUT2D eigenvalue weighted by Gasteiger charge is -2.12. The van der Waals surface area contributed by atoms with Gasteiger partial charge in [0.05, 0.1) is 0 Å². The normalized spacial score (nSPS) is 10.7. The van der Waals surface area contributed by atoms with Crippen LogP contribution in [0.15, 0.2) is 47.8 Å². The standard InChI is InChI=1S/C22H23FN4O2S/c1-14-19(15(2)27-22(26-14)30-3)9-10-20(28)25-13-16-6-5-11-24-21(16)29-18-8-4-7-17(23)12-18/h4-8,11-12H,9-10,13H2,1-3H3,(H,25,28). The highest BCUT2D eigenvalue weighted by Gasteiger charge is 2.12. The van der Waals surface area contributed by atoms with Crippen molar-refractivity contribution in [2.45, 2.75) is 38.4 Å². The molecule has 6 nitrogen and oxygen atoms in total. The molecule has 3 rings (SSSR count). The van der Waals surface area contributed by atoms with Crippen molar-refractivity contribution < 1.29 is 13.9 Å². The molecule has 0 fully saturated rings. The first-order valence-corrected chi connectivity index (χ1v) is 10.7. The Labute approximate surface area is 179 Å². The van der Waals surface area contributed by atoms with Crippen LogP contribution in [-0.4, -0.2) is 27.1 Å². The average molecular weight is 427 g/mol. The number of carbonyl (C=O) groups excluding carboxylic acids is 1. The van der Waals surface area contributed by atoms with E-state index in [1.165, 1.54) is 23.9 Å². The van der Waals surface area contributed by atoms with Crippen molar-refractivity contribution in [1.29, 1.82) is 0 Å². The summed E-state index contributed by atoms with van der Waals surface area (Å²) in [5.41, 5.74) is 3.50. The minimum Gasteiger partial charge on any atom is -0.439 e. The van der Waals surface area contributed by atoms with Crippen molar-refractivity contribution >= 4 is 17.7 Å². The number of nitrogens with one attached hydrogen (secondary N) is 1. The minimum atomic E-state index is -0.390. The van der Waals surface area contributed by atoms with Gasteiger partial charge in [-0.15, -0.1) is 0 Å². The van der Waals surface area contributed by atoms with Gasteiger partial charge in [0.15, 0.2) is 5.16 Å². The molecule has 30 heavy (non-hydrogen) atoms. The Morgan fingerprint density at radius 2 is 1.93 bits per heavy atom. The molecule has 1 amide bonds. The Morgan fingerprint density at radius 3 is 2.63 bits per heavy atom. The van der Waals surface area contributed by atoms with Crippen LogP contribution in [0.2, 0.25) is 0 Å². The summed E-state index contributed by atoms with van der Waals surface area (Å²) in [6.07, 6.45) is 4.41. The van der Waals surface area contributed by atoms with E-state index in [0.29, 0.717) is 30.0 Å². The number of aromatic nitrogens is 3. The number of pyridine rings is 1. The van der Waals surface area contributed by atoms with E-state index < -0.39 is 5.82 Å². The van der Waals surface area contributed by atoms with Gasteiger partial charge >= 0.3 is 0 Å². The summed E-state index contributed by atoms with van der Waals surface area (Å²) < 4.78 is 19.1. The molecule has 0 unspecified atom stereocenters. The molecule has 156 valence electrons. The zero-order valence-electron chi connectivity index (χ0n) is 17.1. The molecule has 1 aromatic carbocycles. The number of amides is 1. The number of aryl methyl sites for hydroxylation is 2. The Hall–Kier alpha value is -3.00. The number of benzene rings is 1. The van der Waals surface area contributed by atoms with Crippen molar-refractivity contribution in [1.82, 2.24) is 20.3 Å². The molecule has 2 aromatic heterocycles. The molecule has 0 aliphatic heterocycles. The van der Waals surface area contributed by atoms with Crippen LogP contribution in [0.4, 0.5) is 4.39 Å². The van der Waals surface area contributed by atoms with E-state index in [2.05, 4.69) is 20.3 Å². The molecular weight excluding hydrogens is 403 g/mol. The second-order valence-corrected chi connectivity index (χ2v) is 7.44. The molecular formula is C22H23FN4O2S. The molecule has 0 aliphatic rings. The van der Waals surface area contributed by atoms with E-state index in [0.717, 1.165) is 22.1 Å². The largest absolute Gasteiger partial charge is 0.439 e. The summed E-state index contributed by atoms with van der Waals surface area (Å²) in [4.78, 5) is 25.5. The summed E-state index contributed by atoms with van der Waals surface area (Å²) in [5, 5.41) is 3.63. The lowest BCUT2D eigenvalue weighted by atomic mass is 10.1. The summed E-state index contributed by atoms with van der Waals surface area (Å²) in [5.74, 6) is 0.193. The maximum absolute atomic E-state index is 13.4. The first kappa shape index (κ1) is 21.7. The van der Waals surface area contributed by atoms with Gasteiger partial charge in [-0.05, 0) is 50.3 Å². The molecule has 0 atom stereocenters. The van der Waals surface area contributed by atoms with Crippen LogP contribution in [0.5, 0.6) is 11.6 Å². The topological polar surface area (TPSA) is 77.0 Å². The number of hydrogen-bond donors (Lipinski definition) is 1. The van der Waals surface area contributed by atoms with E-state index in [9.17, 15) is 9.18 Å². The van der Waals surface area contributed by atoms with Crippen LogP contribution in [0.25, 0.3) is 0 Å². The summed E-state index contributed by atoms with van der Waals surface area (Å²) in [7, 11) is 0. The average Bonchev–Trinajstić information content (AvgIpc) is 2.72. The third-order valence-electron chi connectivity index (χ3n) is 4.52. The van der Waals surface area contributed by atoms with Gasteiger partial charge in [-0.25, -0.2) is 19.3 Å². The zero-order chi connectivity index (χ0) is 21.5. The van der Waals surface area contributed by atoms with Gasteiger partial charge in [0, 0.05) is 42.2 Å². The van der Waals surface area contributed by atoms with Crippen molar-refractivity contribution in [3.05, 3.63) is 70.9 Å². The minimum absolute atomic E-state index is 0.0942. The smallest absolute Gasteiger partial charge is 0.224 e. The molecule has 2 heterocycles. The Bertz CT molecular complexity index is 1020. The van der Waals surface area contributed by atoms with E-state index in [1.807, 2.05) is 26.2 Å². The third-order valence-corrected chi connectivity index (χ3v) is 5.07. The summed E-state index contributed by atoms with van der Waals surface area (Å²) in [6.45, 7) is 4.14. The number of halogens is 1. The fourth-order valence-electron chi connectivity index (χ4n) is 2.98. The monoisotopic (exact) mass is 426 g/mol. The lowest BCUT2D eigenvalue weighted by Crippen LogP contribution is -2.23. The van der Waals surface area contributed by atoms with Gasteiger partial charge < -0.3 is 10.1 Å². The van der Waals surface area contributed by atoms with Gasteiger partial charge in [-0.3, -0.25) is 4.79 Å². The van der Waals surface area contributed by atoms with E-state index in [-0.39, 0.29) is 12.5 Å². The van der Waals surface area contributed by atoms with Crippen LogP contribution in [0.1, 0.15) is 28.9 Å². The Morgan fingerprint density at radius 1 is 1.17 bits per heavy atom. The van der Waals surface area contributed by atoms with Gasteiger partial charge in [-0.1, -0.05) is 23.9 Å². The van der Waals surface area contributed by atoms with E-state index in [1.54, 1.807) is 24.4 Å². The molecule has 0 aliphatic carbocycles. The highest BCUT2D eigenvalue weighted by atomic mass is 32.2. The van der Waals surface area contributed by atoms with E-state index >= 15 is 0 Å². The zero-order valence-corrected chi connectivity index (χ0v) is 17.9. The summed E-state index contributed by atoms with van der Waals surface area (Å²) >= 11 is 1.50. The van der Waals surface area contributed by atoms with Crippen LogP contribution in [-0.2, 0) is 17.8 Å².